The van der Waals surface area contributed by atoms with Gasteiger partial charge in [-0.25, -0.2) is 0 Å². The predicted octanol–water partition coefficient (Wildman–Crippen LogP) is 7.91. The van der Waals surface area contributed by atoms with E-state index in [1.165, 1.54) is 51.4 Å². The number of ether oxygens (including phenoxy) is 2. The van der Waals surface area contributed by atoms with E-state index in [1.807, 2.05) is 6.07 Å². The predicted molar refractivity (Wildman–Crippen MR) is 115 cm³/mol. The lowest BCUT2D eigenvalue weighted by molar-refractivity contribution is -0.163. The van der Waals surface area contributed by atoms with Gasteiger partial charge in [-0.1, -0.05) is 94.3 Å². The summed E-state index contributed by atoms with van der Waals surface area (Å²) in [5.41, 5.74) is 1.11. The molecule has 0 bridgehead atoms. The summed E-state index contributed by atoms with van der Waals surface area (Å²) in [6.45, 7) is 10.6. The van der Waals surface area contributed by atoms with Crippen molar-refractivity contribution in [2.75, 3.05) is 13.2 Å². The Morgan fingerprint density at radius 1 is 0.846 bits per heavy atom. The van der Waals surface area contributed by atoms with Gasteiger partial charge in [0, 0.05) is 10.0 Å². The fraction of sp³-hybridized carbons (Fsp3) is 0.739. The van der Waals surface area contributed by atoms with Crippen LogP contribution in [-0.4, -0.2) is 13.2 Å². The molecule has 0 spiro atoms. The molecule has 3 heteroatoms. The zero-order chi connectivity index (χ0) is 19.2. The molecule has 0 aromatic heterocycles. The molecule has 26 heavy (non-hydrogen) atoms. The van der Waals surface area contributed by atoms with Gasteiger partial charge in [-0.2, -0.15) is 0 Å². The average Bonchev–Trinajstić information content (AvgIpc) is 2.66. The Morgan fingerprint density at radius 2 is 1.38 bits per heavy atom. The van der Waals surface area contributed by atoms with Crippen LogP contribution in [0.25, 0.3) is 0 Å². The van der Waals surface area contributed by atoms with Crippen molar-refractivity contribution in [3.8, 4) is 0 Å². The molecule has 1 aromatic carbocycles. The second-order valence-electron chi connectivity index (χ2n) is 7.39. The molecule has 0 N–H and O–H groups in total. The summed E-state index contributed by atoms with van der Waals surface area (Å²) in [5, 5.41) is 0. The second kappa shape index (κ2) is 14.6. The molecule has 150 valence electrons. The van der Waals surface area contributed by atoms with Crippen LogP contribution in [0.5, 0.6) is 0 Å². The molecule has 0 aliphatic rings. The largest absolute Gasteiger partial charge is 0.348 e. The average molecular weight is 427 g/mol. The topological polar surface area (TPSA) is 18.5 Å². The number of benzene rings is 1. The van der Waals surface area contributed by atoms with Crippen LogP contribution in [0.4, 0.5) is 0 Å². The van der Waals surface area contributed by atoms with E-state index in [4.69, 9.17) is 9.47 Å². The first-order chi connectivity index (χ1) is 12.6. The highest BCUT2D eigenvalue weighted by atomic mass is 79.9. The summed E-state index contributed by atoms with van der Waals surface area (Å²) in [7, 11) is 0. The SMILES string of the molecule is CCCCC(CC)COC(OCC(CC)CCCC)c1cccc(Br)c1. The molecule has 0 fully saturated rings. The molecular weight excluding hydrogens is 388 g/mol. The minimum Gasteiger partial charge on any atom is -0.348 e. The Bertz CT molecular complexity index is 443. The van der Waals surface area contributed by atoms with Crippen LogP contribution in [-0.2, 0) is 9.47 Å². The molecule has 0 aliphatic heterocycles. The quantitative estimate of drug-likeness (QED) is 0.265. The van der Waals surface area contributed by atoms with E-state index in [-0.39, 0.29) is 6.29 Å². The summed E-state index contributed by atoms with van der Waals surface area (Å²) in [6.07, 6.45) is 9.60. The Balaban J connectivity index is 2.69. The third-order valence-corrected chi connectivity index (χ3v) is 5.67. The summed E-state index contributed by atoms with van der Waals surface area (Å²) < 4.78 is 13.7. The first-order valence-corrected chi connectivity index (χ1v) is 11.4. The van der Waals surface area contributed by atoms with Crippen LogP contribution in [0.3, 0.4) is 0 Å². The van der Waals surface area contributed by atoms with Crippen molar-refractivity contribution < 1.29 is 9.47 Å². The Kier molecular flexibility index (Phi) is 13.3. The van der Waals surface area contributed by atoms with Gasteiger partial charge < -0.3 is 9.47 Å². The van der Waals surface area contributed by atoms with Gasteiger partial charge in [-0.15, -0.1) is 0 Å². The maximum atomic E-state index is 6.29. The molecule has 0 radical (unpaired) electrons. The van der Waals surface area contributed by atoms with E-state index >= 15 is 0 Å². The van der Waals surface area contributed by atoms with E-state index in [0.29, 0.717) is 11.8 Å². The lowest BCUT2D eigenvalue weighted by Crippen LogP contribution is -2.18. The highest BCUT2D eigenvalue weighted by Gasteiger charge is 2.18. The summed E-state index contributed by atoms with van der Waals surface area (Å²) in [6, 6.07) is 8.33. The molecule has 0 heterocycles. The maximum absolute atomic E-state index is 6.29. The van der Waals surface area contributed by atoms with Crippen LogP contribution in [0, 0.1) is 11.8 Å². The lowest BCUT2D eigenvalue weighted by atomic mass is 10.0. The van der Waals surface area contributed by atoms with E-state index in [2.05, 4.69) is 61.8 Å². The zero-order valence-corrected chi connectivity index (χ0v) is 18.9. The first kappa shape index (κ1) is 23.7. The van der Waals surface area contributed by atoms with E-state index in [1.54, 1.807) is 0 Å². The third-order valence-electron chi connectivity index (χ3n) is 5.17. The highest BCUT2D eigenvalue weighted by molar-refractivity contribution is 9.10. The fourth-order valence-electron chi connectivity index (χ4n) is 3.14. The van der Waals surface area contributed by atoms with Gasteiger partial charge in [0.15, 0.2) is 6.29 Å². The van der Waals surface area contributed by atoms with Crippen molar-refractivity contribution in [2.45, 2.75) is 85.4 Å². The molecule has 0 aliphatic carbocycles. The number of rotatable bonds is 15. The van der Waals surface area contributed by atoms with E-state index in [0.717, 1.165) is 23.2 Å². The molecule has 1 aromatic rings. The molecular formula is C23H39BrO2. The van der Waals surface area contributed by atoms with Crippen molar-refractivity contribution in [3.63, 3.8) is 0 Å². The second-order valence-corrected chi connectivity index (χ2v) is 8.30. The Hall–Kier alpha value is -0.380. The minimum atomic E-state index is -0.265. The van der Waals surface area contributed by atoms with Crippen molar-refractivity contribution in [3.05, 3.63) is 34.3 Å². The van der Waals surface area contributed by atoms with Crippen molar-refractivity contribution in [1.82, 2.24) is 0 Å². The molecule has 0 saturated carbocycles. The molecule has 2 nitrogen and oxygen atoms in total. The van der Waals surface area contributed by atoms with Crippen LogP contribution < -0.4 is 0 Å². The summed E-state index contributed by atoms with van der Waals surface area (Å²) in [4.78, 5) is 0. The first-order valence-electron chi connectivity index (χ1n) is 10.6. The molecule has 2 atom stereocenters. The minimum absolute atomic E-state index is 0.265. The molecule has 0 saturated heterocycles. The van der Waals surface area contributed by atoms with Crippen molar-refractivity contribution >= 4 is 15.9 Å². The van der Waals surface area contributed by atoms with Crippen LogP contribution >= 0.6 is 15.9 Å². The summed E-state index contributed by atoms with van der Waals surface area (Å²) in [5.74, 6) is 1.24. The molecule has 1 rings (SSSR count). The van der Waals surface area contributed by atoms with Crippen LogP contribution in [0.15, 0.2) is 28.7 Å². The number of hydrogen-bond donors (Lipinski definition) is 0. The third kappa shape index (κ3) is 9.53. The normalized spacial score (nSPS) is 15.0. The van der Waals surface area contributed by atoms with Crippen LogP contribution in [0.2, 0.25) is 0 Å². The summed E-state index contributed by atoms with van der Waals surface area (Å²) >= 11 is 3.58. The van der Waals surface area contributed by atoms with E-state index < -0.39 is 0 Å². The van der Waals surface area contributed by atoms with Gasteiger partial charge in [-0.05, 0) is 36.8 Å². The zero-order valence-electron chi connectivity index (χ0n) is 17.3. The van der Waals surface area contributed by atoms with Gasteiger partial charge in [0.25, 0.3) is 0 Å². The molecule has 2 unspecified atom stereocenters. The standard InChI is InChI=1S/C23H39BrO2/c1-5-9-12-19(7-3)17-25-23(21-14-11-15-22(24)16-21)26-18-20(8-4)13-10-6-2/h11,14-16,19-20,23H,5-10,12-13,17-18H2,1-4H3. The number of hydrogen-bond acceptors (Lipinski definition) is 2. The Morgan fingerprint density at radius 3 is 1.81 bits per heavy atom. The monoisotopic (exact) mass is 426 g/mol. The lowest BCUT2D eigenvalue weighted by Gasteiger charge is -2.25. The number of halogens is 1. The van der Waals surface area contributed by atoms with Crippen LogP contribution in [0.1, 0.15) is 90.9 Å². The smallest absolute Gasteiger partial charge is 0.183 e. The van der Waals surface area contributed by atoms with Gasteiger partial charge in [-0.3, -0.25) is 0 Å². The maximum Gasteiger partial charge on any atom is 0.183 e. The Labute approximate surface area is 170 Å². The van der Waals surface area contributed by atoms with E-state index in [9.17, 15) is 0 Å². The van der Waals surface area contributed by atoms with Gasteiger partial charge in [0.05, 0.1) is 13.2 Å². The highest BCUT2D eigenvalue weighted by Crippen LogP contribution is 2.26. The van der Waals surface area contributed by atoms with Gasteiger partial charge in [0.1, 0.15) is 0 Å². The van der Waals surface area contributed by atoms with Gasteiger partial charge in [0.2, 0.25) is 0 Å². The molecule has 0 amide bonds. The van der Waals surface area contributed by atoms with Crippen molar-refractivity contribution in [1.29, 1.82) is 0 Å². The van der Waals surface area contributed by atoms with Crippen molar-refractivity contribution in [2.24, 2.45) is 11.8 Å². The fourth-order valence-corrected chi connectivity index (χ4v) is 3.55. The van der Waals surface area contributed by atoms with Gasteiger partial charge >= 0.3 is 0 Å². The number of unbranched alkanes of at least 4 members (excludes halogenated alkanes) is 2.